The van der Waals surface area contributed by atoms with Crippen molar-refractivity contribution in [3.8, 4) is 0 Å². The molecule has 1 aromatic heterocycles. The number of pyridine rings is 1. The second kappa shape index (κ2) is 5.92. The molecule has 0 spiro atoms. The summed E-state index contributed by atoms with van der Waals surface area (Å²) < 4.78 is 0. The highest BCUT2D eigenvalue weighted by atomic mass is 14.8. The Morgan fingerprint density at radius 1 is 1.20 bits per heavy atom. The van der Waals surface area contributed by atoms with Gasteiger partial charge in [-0.25, -0.2) is 0 Å². The molecule has 1 aliphatic carbocycles. The molecule has 1 saturated carbocycles. The van der Waals surface area contributed by atoms with Crippen LogP contribution in [0.15, 0.2) is 30.3 Å². The van der Waals surface area contributed by atoms with Crippen molar-refractivity contribution < 1.29 is 0 Å². The molecule has 2 aromatic rings. The zero-order valence-electron chi connectivity index (χ0n) is 12.5. The molecule has 0 bridgehead atoms. The molecule has 1 heterocycles. The minimum atomic E-state index is 0.722. The molecule has 2 atom stereocenters. The zero-order valence-corrected chi connectivity index (χ0v) is 12.5. The number of fused-ring (bicyclic) bond motifs is 1. The number of hydrogen-bond acceptors (Lipinski definition) is 2. The summed E-state index contributed by atoms with van der Waals surface area (Å²) in [6.45, 7) is 6.47. The van der Waals surface area contributed by atoms with Crippen LogP contribution in [0, 0.1) is 12.8 Å². The van der Waals surface area contributed by atoms with E-state index in [1.165, 1.54) is 30.2 Å². The lowest BCUT2D eigenvalue weighted by atomic mass is 9.88. The number of hydrogen-bond donors (Lipinski definition) is 1. The Kier molecular flexibility index (Phi) is 4.02. The van der Waals surface area contributed by atoms with Gasteiger partial charge in [-0.05, 0) is 68.5 Å². The van der Waals surface area contributed by atoms with Gasteiger partial charge in [-0.15, -0.1) is 0 Å². The van der Waals surface area contributed by atoms with E-state index in [1.807, 2.05) is 0 Å². The molecule has 0 amide bonds. The topological polar surface area (TPSA) is 24.9 Å². The van der Waals surface area contributed by atoms with E-state index in [-0.39, 0.29) is 0 Å². The summed E-state index contributed by atoms with van der Waals surface area (Å²) in [5.41, 5.74) is 3.72. The fraction of sp³-hybridized carbons (Fsp3) is 0.500. The van der Waals surface area contributed by atoms with Crippen LogP contribution in [0.25, 0.3) is 10.9 Å². The van der Waals surface area contributed by atoms with Gasteiger partial charge in [0, 0.05) is 11.1 Å². The van der Waals surface area contributed by atoms with E-state index >= 15 is 0 Å². The Balaban J connectivity index is 1.87. The summed E-state index contributed by atoms with van der Waals surface area (Å²) in [6.07, 6.45) is 4.06. The highest BCUT2D eigenvalue weighted by Gasteiger charge is 2.28. The van der Waals surface area contributed by atoms with Crippen molar-refractivity contribution in [3.63, 3.8) is 0 Å². The fourth-order valence-corrected chi connectivity index (χ4v) is 3.53. The third-order valence-electron chi connectivity index (χ3n) is 4.60. The molecule has 0 aliphatic heterocycles. The minimum absolute atomic E-state index is 0.722. The van der Waals surface area contributed by atoms with Crippen LogP contribution in [-0.2, 0) is 0 Å². The summed E-state index contributed by atoms with van der Waals surface area (Å²) in [5, 5.41) is 4.80. The molecule has 20 heavy (non-hydrogen) atoms. The van der Waals surface area contributed by atoms with Crippen LogP contribution in [0.2, 0.25) is 0 Å². The normalized spacial score (nSPS) is 22.5. The van der Waals surface area contributed by atoms with Crippen molar-refractivity contribution in [1.29, 1.82) is 0 Å². The van der Waals surface area contributed by atoms with Gasteiger partial charge in [0.25, 0.3) is 0 Å². The lowest BCUT2D eigenvalue weighted by molar-refractivity contribution is 0.450. The quantitative estimate of drug-likeness (QED) is 0.905. The maximum Gasteiger partial charge on any atom is 0.0705 e. The number of nitrogens with one attached hydrogen (secondary N) is 1. The van der Waals surface area contributed by atoms with Crippen molar-refractivity contribution in [3.05, 3.63) is 41.6 Å². The average molecular weight is 268 g/mol. The molecule has 1 aromatic carbocycles. The lowest BCUT2D eigenvalue weighted by Crippen LogP contribution is -2.24. The molecule has 1 N–H and O–H groups in total. The first kappa shape index (κ1) is 13.6. The van der Waals surface area contributed by atoms with E-state index in [1.54, 1.807) is 0 Å². The average Bonchev–Trinajstić information content (AvgIpc) is 2.93. The first-order valence-electron chi connectivity index (χ1n) is 7.86. The van der Waals surface area contributed by atoms with E-state index in [0.717, 1.165) is 36.1 Å². The van der Waals surface area contributed by atoms with Crippen LogP contribution < -0.4 is 5.32 Å². The van der Waals surface area contributed by atoms with Crippen LogP contribution in [-0.4, -0.2) is 18.1 Å². The van der Waals surface area contributed by atoms with Gasteiger partial charge in [0.05, 0.1) is 5.52 Å². The third kappa shape index (κ3) is 2.71. The van der Waals surface area contributed by atoms with E-state index in [2.05, 4.69) is 54.5 Å². The molecule has 3 rings (SSSR count). The molecule has 1 fully saturated rings. The Labute approximate surface area is 121 Å². The lowest BCUT2D eigenvalue weighted by Gasteiger charge is -2.20. The molecule has 0 radical (unpaired) electrons. The Hall–Kier alpha value is -1.41. The summed E-state index contributed by atoms with van der Waals surface area (Å²) in [4.78, 5) is 4.60. The molecular weight excluding hydrogens is 244 g/mol. The van der Waals surface area contributed by atoms with Crippen LogP contribution in [0.3, 0.4) is 0 Å². The largest absolute Gasteiger partial charge is 0.317 e. The molecule has 2 unspecified atom stereocenters. The molecule has 2 nitrogen and oxygen atoms in total. The van der Waals surface area contributed by atoms with E-state index < -0.39 is 0 Å². The van der Waals surface area contributed by atoms with Gasteiger partial charge in [0.1, 0.15) is 0 Å². The van der Waals surface area contributed by atoms with Crippen LogP contribution >= 0.6 is 0 Å². The Morgan fingerprint density at radius 3 is 2.95 bits per heavy atom. The zero-order chi connectivity index (χ0) is 13.9. The number of aryl methyl sites for hydroxylation is 1. The minimum Gasteiger partial charge on any atom is -0.317 e. The van der Waals surface area contributed by atoms with Crippen molar-refractivity contribution in [2.45, 2.75) is 39.0 Å². The fourth-order valence-electron chi connectivity index (χ4n) is 3.53. The second-order valence-electron chi connectivity index (χ2n) is 6.01. The predicted octanol–water partition coefficient (Wildman–Crippen LogP) is 4.04. The van der Waals surface area contributed by atoms with Gasteiger partial charge in [0.2, 0.25) is 0 Å². The maximum atomic E-state index is 4.60. The molecular formula is C18H24N2. The number of benzene rings is 1. The monoisotopic (exact) mass is 268 g/mol. The first-order chi connectivity index (χ1) is 9.78. The molecule has 0 saturated heterocycles. The smallest absolute Gasteiger partial charge is 0.0705 e. The van der Waals surface area contributed by atoms with Crippen LogP contribution in [0.5, 0.6) is 0 Å². The summed E-state index contributed by atoms with van der Waals surface area (Å²) in [6, 6.07) is 11.2. The third-order valence-corrected chi connectivity index (χ3v) is 4.60. The maximum absolute atomic E-state index is 4.60. The van der Waals surface area contributed by atoms with Crippen molar-refractivity contribution in [2.24, 2.45) is 5.92 Å². The van der Waals surface area contributed by atoms with Crippen LogP contribution in [0.1, 0.15) is 43.4 Å². The number of aromatic nitrogens is 1. The van der Waals surface area contributed by atoms with E-state index in [9.17, 15) is 0 Å². The first-order valence-corrected chi connectivity index (χ1v) is 7.86. The summed E-state index contributed by atoms with van der Waals surface area (Å²) in [7, 11) is 0. The van der Waals surface area contributed by atoms with Gasteiger partial charge in [-0.3, -0.25) is 4.98 Å². The highest BCUT2D eigenvalue weighted by Crippen LogP contribution is 2.39. The number of rotatable bonds is 4. The SMILES string of the molecule is CCNCC1CCCC1c1ccc2nc(C)ccc2c1. The molecule has 106 valence electrons. The summed E-state index contributed by atoms with van der Waals surface area (Å²) in [5.74, 6) is 1.52. The Bertz CT molecular complexity index is 591. The van der Waals surface area contributed by atoms with Crippen LogP contribution in [0.4, 0.5) is 0 Å². The molecule has 2 heteroatoms. The second-order valence-corrected chi connectivity index (χ2v) is 6.01. The summed E-state index contributed by atoms with van der Waals surface area (Å²) >= 11 is 0. The Morgan fingerprint density at radius 2 is 2.10 bits per heavy atom. The van der Waals surface area contributed by atoms with Gasteiger partial charge >= 0.3 is 0 Å². The van der Waals surface area contributed by atoms with Gasteiger partial charge in [-0.1, -0.05) is 25.5 Å². The van der Waals surface area contributed by atoms with Crippen molar-refractivity contribution in [1.82, 2.24) is 10.3 Å². The standard InChI is InChI=1S/C18H24N2/c1-3-19-12-16-5-4-6-17(16)14-9-10-18-15(11-14)8-7-13(2)20-18/h7-11,16-17,19H,3-6,12H2,1-2H3. The van der Waals surface area contributed by atoms with Gasteiger partial charge in [-0.2, -0.15) is 0 Å². The molecule has 1 aliphatic rings. The highest BCUT2D eigenvalue weighted by molar-refractivity contribution is 5.79. The van der Waals surface area contributed by atoms with E-state index in [0.29, 0.717) is 0 Å². The van der Waals surface area contributed by atoms with Gasteiger partial charge in [0.15, 0.2) is 0 Å². The van der Waals surface area contributed by atoms with Gasteiger partial charge < -0.3 is 5.32 Å². The predicted molar refractivity (Wildman–Crippen MR) is 85.1 cm³/mol. The number of nitrogens with zero attached hydrogens (tertiary/aromatic N) is 1. The van der Waals surface area contributed by atoms with E-state index in [4.69, 9.17) is 0 Å². The van der Waals surface area contributed by atoms with Crippen molar-refractivity contribution >= 4 is 10.9 Å². The van der Waals surface area contributed by atoms with Crippen molar-refractivity contribution in [2.75, 3.05) is 13.1 Å².